The number of rotatable bonds is 0. The van der Waals surface area contributed by atoms with Gasteiger partial charge in [0.2, 0.25) is 0 Å². The van der Waals surface area contributed by atoms with Crippen LogP contribution in [0.4, 0.5) is 0 Å². The number of hydrogen-bond donors (Lipinski definition) is 0. The van der Waals surface area contributed by atoms with E-state index in [0.29, 0.717) is 12.5 Å². The molecule has 4 aromatic rings. The quantitative estimate of drug-likeness (QED) is 0.264. The van der Waals surface area contributed by atoms with Crippen molar-refractivity contribution in [2.24, 2.45) is 0 Å². The van der Waals surface area contributed by atoms with Gasteiger partial charge in [-0.15, -0.1) is 59.3 Å². The summed E-state index contributed by atoms with van der Waals surface area (Å²) in [6.07, 6.45) is 1.21. The molecule has 4 aromatic carbocycles. The first-order valence-electron chi connectivity index (χ1n) is 7.96. The first-order chi connectivity index (χ1) is 12.9. The van der Waals surface area contributed by atoms with Crippen molar-refractivity contribution in [2.45, 2.75) is 0 Å². The third kappa shape index (κ3) is 14.9. The zero-order valence-electron chi connectivity index (χ0n) is 15.8. The van der Waals surface area contributed by atoms with Crippen LogP contribution in [0, 0.1) is 0 Å². The Labute approximate surface area is 190 Å². The van der Waals surface area contributed by atoms with Crippen molar-refractivity contribution < 1.29 is 52.1 Å². The Kier molecular flexibility index (Phi) is 12.1. The fraction of sp³-hybridized carbons (Fsp3) is 0.100. The molecule has 0 N–H and O–H groups in total. The van der Waals surface area contributed by atoms with Crippen LogP contribution in [0.25, 0.3) is 21.5 Å². The van der Waals surface area contributed by atoms with Crippen LogP contribution in [0.3, 0.4) is 0 Å². The van der Waals surface area contributed by atoms with E-state index in [9.17, 15) is 0 Å². The number of hydrogen-bond acceptors (Lipinski definition) is 6. The molecule has 6 nitrogen and oxygen atoms in total. The van der Waals surface area contributed by atoms with E-state index in [1.165, 1.54) is 21.5 Å². The summed E-state index contributed by atoms with van der Waals surface area (Å²) in [6, 6.07) is 29.3. The van der Waals surface area contributed by atoms with Gasteiger partial charge in [-0.3, -0.25) is 0 Å². The van der Waals surface area contributed by atoms with E-state index >= 15 is 0 Å². The summed E-state index contributed by atoms with van der Waals surface area (Å²) in [5.74, 6) is 0. The predicted molar refractivity (Wildman–Crippen MR) is 110 cm³/mol. The molecule has 0 aliphatic carbocycles. The molecule has 0 radical (unpaired) electrons. The molecule has 0 aliphatic rings. The summed E-state index contributed by atoms with van der Waals surface area (Å²) in [7, 11) is -7.83. The third-order valence-corrected chi connectivity index (χ3v) is 3.10. The molecule has 0 bridgehead atoms. The summed E-state index contributed by atoms with van der Waals surface area (Å²) < 4.78 is 54.5. The van der Waals surface area contributed by atoms with E-state index < -0.39 is 20.2 Å². The fourth-order valence-electron chi connectivity index (χ4n) is 2.14. The average molecular weight is 512 g/mol. The van der Waals surface area contributed by atoms with Gasteiger partial charge in [-0.2, -0.15) is 35.0 Å². The van der Waals surface area contributed by atoms with Crippen molar-refractivity contribution in [2.75, 3.05) is 12.5 Å². The SMILES string of the molecule is CS(=O)(=O)[O-].CS(=O)(=O)[O-].[Zr+4].c1ccc2[cH-]ccc2c1.c1ccc2[cH-]ccc2c1. The maximum atomic E-state index is 9.08. The van der Waals surface area contributed by atoms with Crippen LogP contribution >= 0.6 is 0 Å². The van der Waals surface area contributed by atoms with E-state index in [2.05, 4.69) is 84.9 Å². The van der Waals surface area contributed by atoms with Crippen LogP contribution in [-0.2, 0) is 46.4 Å². The van der Waals surface area contributed by atoms with E-state index in [1.54, 1.807) is 0 Å². The Balaban J connectivity index is 0.000000373. The maximum Gasteiger partial charge on any atom is 4.00 e. The molecule has 0 saturated heterocycles. The first-order valence-corrected chi connectivity index (χ1v) is 11.6. The Hall–Kier alpha value is -1.64. The predicted octanol–water partition coefficient (Wildman–Crippen LogP) is 3.44. The van der Waals surface area contributed by atoms with Gasteiger partial charge < -0.3 is 9.11 Å². The van der Waals surface area contributed by atoms with Gasteiger partial charge in [0.25, 0.3) is 0 Å². The van der Waals surface area contributed by atoms with Crippen LogP contribution in [0.5, 0.6) is 0 Å². The van der Waals surface area contributed by atoms with E-state index in [1.807, 2.05) is 0 Å². The van der Waals surface area contributed by atoms with E-state index in [4.69, 9.17) is 25.9 Å². The first kappa shape index (κ1) is 27.4. The second kappa shape index (κ2) is 12.8. The molecule has 9 heteroatoms. The molecule has 152 valence electrons. The van der Waals surface area contributed by atoms with Crippen LogP contribution in [-0.4, -0.2) is 38.5 Å². The molecule has 0 heterocycles. The van der Waals surface area contributed by atoms with Crippen molar-refractivity contribution >= 4 is 41.8 Å². The number of fused-ring (bicyclic) bond motifs is 2. The standard InChI is InChI=1S/2C9H7.2CH4O3S.Zr/c2*1-2-5-9-7-3-6-8(9)4-1;2*1-5(2,3)4;/h2*1-7H;2*1H3,(H,2,3,4);/q2*-1;;;+4/p-2. The van der Waals surface area contributed by atoms with Gasteiger partial charge in [0, 0.05) is 12.5 Å². The maximum absolute atomic E-state index is 9.08. The molecule has 0 amide bonds. The molecule has 0 atom stereocenters. The zero-order chi connectivity index (χ0) is 21.2. The topological polar surface area (TPSA) is 114 Å². The van der Waals surface area contributed by atoms with Gasteiger partial charge in [0.15, 0.2) is 0 Å². The summed E-state index contributed by atoms with van der Waals surface area (Å²) in [4.78, 5) is 0. The normalized spacial score (nSPS) is 10.3. The molecule has 0 aromatic heterocycles. The Morgan fingerprint density at radius 3 is 1.17 bits per heavy atom. The molecule has 4 rings (SSSR count). The molecular weight excluding hydrogens is 492 g/mol. The Morgan fingerprint density at radius 2 is 0.897 bits per heavy atom. The van der Waals surface area contributed by atoms with Crippen LogP contribution in [0.2, 0.25) is 0 Å². The van der Waals surface area contributed by atoms with Crippen molar-refractivity contribution in [3.05, 3.63) is 84.9 Å². The largest absolute Gasteiger partial charge is 4.00 e. The van der Waals surface area contributed by atoms with Crippen LogP contribution in [0.1, 0.15) is 0 Å². The van der Waals surface area contributed by atoms with Gasteiger partial charge in [0.1, 0.15) is 0 Å². The molecular formula is C20H20O6S2Zr. The van der Waals surface area contributed by atoms with Crippen molar-refractivity contribution in [3.63, 3.8) is 0 Å². The van der Waals surface area contributed by atoms with Crippen molar-refractivity contribution in [1.82, 2.24) is 0 Å². The monoisotopic (exact) mass is 510 g/mol. The molecule has 29 heavy (non-hydrogen) atoms. The van der Waals surface area contributed by atoms with Gasteiger partial charge in [-0.1, -0.05) is 12.1 Å². The summed E-state index contributed by atoms with van der Waals surface area (Å²) in [5.41, 5.74) is 0. The second-order valence-electron chi connectivity index (χ2n) is 5.72. The minimum absolute atomic E-state index is 0. The van der Waals surface area contributed by atoms with Crippen LogP contribution < -0.4 is 0 Å². The summed E-state index contributed by atoms with van der Waals surface area (Å²) in [6.45, 7) is 0. The van der Waals surface area contributed by atoms with Gasteiger partial charge >= 0.3 is 26.2 Å². The Bertz CT molecular complexity index is 1020. The molecule has 0 aliphatic heterocycles. The molecule has 0 spiro atoms. The minimum Gasteiger partial charge on any atom is -0.748 e. The molecule has 0 fully saturated rings. The van der Waals surface area contributed by atoms with Gasteiger partial charge in [-0.25, -0.2) is 16.8 Å². The molecule has 0 unspecified atom stereocenters. The summed E-state index contributed by atoms with van der Waals surface area (Å²) >= 11 is 0. The fourth-order valence-corrected chi connectivity index (χ4v) is 2.14. The van der Waals surface area contributed by atoms with E-state index in [-0.39, 0.29) is 26.2 Å². The number of benzene rings is 2. The smallest absolute Gasteiger partial charge is 0.748 e. The third-order valence-electron chi connectivity index (χ3n) is 3.10. The Morgan fingerprint density at radius 1 is 0.621 bits per heavy atom. The van der Waals surface area contributed by atoms with Crippen LogP contribution in [0.15, 0.2) is 84.9 Å². The van der Waals surface area contributed by atoms with E-state index in [0.717, 1.165) is 0 Å². The minimum atomic E-state index is -3.92. The van der Waals surface area contributed by atoms with Crippen molar-refractivity contribution in [3.8, 4) is 0 Å². The van der Waals surface area contributed by atoms with Gasteiger partial charge in [0.05, 0.1) is 20.2 Å². The zero-order valence-corrected chi connectivity index (χ0v) is 19.9. The molecule has 0 saturated carbocycles. The average Bonchev–Trinajstić information content (AvgIpc) is 3.21. The second-order valence-corrected chi connectivity index (χ2v) is 8.53. The van der Waals surface area contributed by atoms with Crippen molar-refractivity contribution in [1.29, 1.82) is 0 Å². The summed E-state index contributed by atoms with van der Waals surface area (Å²) in [5, 5.41) is 5.32. The van der Waals surface area contributed by atoms with Gasteiger partial charge in [-0.05, 0) is 0 Å².